The van der Waals surface area contributed by atoms with E-state index in [9.17, 15) is 9.59 Å². The lowest BCUT2D eigenvalue weighted by Gasteiger charge is -2.47. The number of cyclic esters (lactones) is 2. The summed E-state index contributed by atoms with van der Waals surface area (Å²) in [5.74, 6) is -0.268. The molecule has 4 N–H and O–H groups in total. The van der Waals surface area contributed by atoms with Crippen LogP contribution in [0, 0.1) is 0 Å². The molecule has 3 aliphatic heterocycles. The Labute approximate surface area is 237 Å². The Kier molecular flexibility index (Phi) is 8.32. The Hall–Kier alpha value is -2.86. The lowest BCUT2D eigenvalue weighted by atomic mass is 9.97. The third-order valence-corrected chi connectivity index (χ3v) is 8.35. The van der Waals surface area contributed by atoms with Crippen molar-refractivity contribution in [3.63, 3.8) is 0 Å². The lowest BCUT2D eigenvalue weighted by Crippen LogP contribution is -2.58. The summed E-state index contributed by atoms with van der Waals surface area (Å²) >= 11 is 12.6. The summed E-state index contributed by atoms with van der Waals surface area (Å²) in [7, 11) is 0. The van der Waals surface area contributed by atoms with Gasteiger partial charge in [-0.25, -0.2) is 14.8 Å². The zero-order chi connectivity index (χ0) is 27.7. The third-order valence-electron chi connectivity index (χ3n) is 7.86. The minimum absolute atomic E-state index is 0.00721. The van der Waals surface area contributed by atoms with Crippen LogP contribution in [-0.2, 0) is 16.0 Å². The van der Waals surface area contributed by atoms with Crippen LogP contribution in [0.1, 0.15) is 53.9 Å². The number of benzene rings is 1. The maximum atomic E-state index is 11.5. The summed E-state index contributed by atoms with van der Waals surface area (Å²) in [5.41, 5.74) is 13.1. The van der Waals surface area contributed by atoms with Gasteiger partial charge in [-0.2, -0.15) is 0 Å². The number of nitrogens with zero attached hydrogens (tertiary/aromatic N) is 5. The van der Waals surface area contributed by atoms with Crippen LogP contribution in [0.15, 0.2) is 18.2 Å². The molecule has 0 spiro atoms. The second kappa shape index (κ2) is 11.7. The quantitative estimate of drug-likeness (QED) is 0.471. The van der Waals surface area contributed by atoms with Crippen molar-refractivity contribution in [2.24, 2.45) is 5.73 Å². The van der Waals surface area contributed by atoms with Crippen molar-refractivity contribution in [3.05, 3.63) is 45.2 Å². The summed E-state index contributed by atoms with van der Waals surface area (Å²) in [6, 6.07) is 6.56. The molecular formula is C26H33Cl2N7O4. The van der Waals surface area contributed by atoms with Crippen LogP contribution in [0.5, 0.6) is 0 Å². The van der Waals surface area contributed by atoms with E-state index < -0.39 is 18.2 Å². The molecule has 1 amide bonds. The summed E-state index contributed by atoms with van der Waals surface area (Å²) in [5, 5.41) is 0.744. The van der Waals surface area contributed by atoms with Gasteiger partial charge in [0.25, 0.3) is 5.91 Å². The highest BCUT2D eigenvalue weighted by Gasteiger charge is 2.35. The molecule has 1 aromatic carbocycles. The van der Waals surface area contributed by atoms with Gasteiger partial charge in [0, 0.05) is 48.8 Å². The first kappa shape index (κ1) is 27.7. The standard InChI is InChI=1S/C26H33Cl2N7O4/c1-2-17-13-34(25-22(28)31-21(24(30)36)23(29)32-25)9-10-35(17)18-5-7-33(8-6-18)12-15-3-4-16(27)11-19(15)20-14-38-26(37)39-20/h3-4,11,17-18,20H,2,5-10,12-14H2,1H3,(H2,29,32)(H2,30,36)/t17-,20?/m0/s1. The first-order chi connectivity index (χ1) is 18.7. The largest absolute Gasteiger partial charge is 0.509 e. The molecule has 39 heavy (non-hydrogen) atoms. The fourth-order valence-electron chi connectivity index (χ4n) is 5.85. The molecule has 4 heterocycles. The topological polar surface area (TPSA) is 140 Å². The molecule has 2 aromatic rings. The number of nitrogen functional groups attached to an aromatic ring is 1. The number of anilines is 2. The van der Waals surface area contributed by atoms with Crippen LogP contribution >= 0.6 is 23.2 Å². The van der Waals surface area contributed by atoms with Crippen molar-refractivity contribution >= 4 is 46.9 Å². The van der Waals surface area contributed by atoms with E-state index in [0.29, 0.717) is 22.9 Å². The van der Waals surface area contributed by atoms with Crippen LogP contribution in [0.25, 0.3) is 0 Å². The highest BCUT2D eigenvalue weighted by molar-refractivity contribution is 6.32. The molecule has 3 saturated heterocycles. The molecule has 13 heteroatoms. The number of hydrogen-bond acceptors (Lipinski definition) is 10. The average molecular weight is 579 g/mol. The van der Waals surface area contributed by atoms with Crippen LogP contribution in [0.3, 0.4) is 0 Å². The van der Waals surface area contributed by atoms with E-state index in [4.69, 9.17) is 44.1 Å². The Bertz CT molecular complexity index is 1240. The van der Waals surface area contributed by atoms with E-state index in [2.05, 4.69) is 31.6 Å². The van der Waals surface area contributed by atoms with Crippen molar-refractivity contribution in [1.29, 1.82) is 0 Å². The van der Waals surface area contributed by atoms with Gasteiger partial charge < -0.3 is 25.8 Å². The zero-order valence-electron chi connectivity index (χ0n) is 21.8. The maximum absolute atomic E-state index is 11.5. The summed E-state index contributed by atoms with van der Waals surface area (Å²) in [6.07, 6.45) is 2.03. The Morgan fingerprint density at radius 3 is 2.59 bits per heavy atom. The van der Waals surface area contributed by atoms with Gasteiger partial charge in [0.05, 0.1) is 0 Å². The van der Waals surface area contributed by atoms with E-state index >= 15 is 0 Å². The van der Waals surface area contributed by atoms with Gasteiger partial charge in [-0.3, -0.25) is 14.6 Å². The van der Waals surface area contributed by atoms with E-state index in [1.807, 2.05) is 18.2 Å². The molecule has 0 bridgehead atoms. The number of amides is 1. The normalized spacial score (nSPS) is 23.1. The molecule has 2 atom stereocenters. The van der Waals surface area contributed by atoms with Gasteiger partial charge in [0.1, 0.15) is 6.61 Å². The van der Waals surface area contributed by atoms with Gasteiger partial charge in [-0.1, -0.05) is 36.2 Å². The number of hydrogen-bond donors (Lipinski definition) is 2. The number of nitrogens with two attached hydrogens (primary N) is 2. The number of carbonyl (C=O) groups is 2. The van der Waals surface area contributed by atoms with Crippen LogP contribution in [0.2, 0.25) is 10.2 Å². The van der Waals surface area contributed by atoms with E-state index in [-0.39, 0.29) is 23.3 Å². The molecule has 210 valence electrons. The molecule has 11 nitrogen and oxygen atoms in total. The summed E-state index contributed by atoms with van der Waals surface area (Å²) < 4.78 is 10.3. The van der Waals surface area contributed by atoms with E-state index in [1.54, 1.807) is 0 Å². The van der Waals surface area contributed by atoms with Crippen LogP contribution < -0.4 is 16.4 Å². The maximum Gasteiger partial charge on any atom is 0.509 e. The fourth-order valence-corrected chi connectivity index (χ4v) is 6.27. The number of halogens is 2. The van der Waals surface area contributed by atoms with Crippen LogP contribution in [0.4, 0.5) is 16.4 Å². The second-order valence-corrected chi connectivity index (χ2v) is 11.0. The SMILES string of the molecule is CC[C@H]1CN(c2nc(N)c(C(N)=O)nc2Cl)CCN1C1CCN(Cc2ccc(Cl)cc2C2COC(=O)O2)CC1. The summed E-state index contributed by atoms with van der Waals surface area (Å²) in [4.78, 5) is 38.6. The van der Waals surface area contributed by atoms with Gasteiger partial charge in [-0.05, 0) is 50.0 Å². The molecule has 0 radical (unpaired) electrons. The van der Waals surface area contributed by atoms with Gasteiger partial charge in [0.15, 0.2) is 28.6 Å². The molecule has 1 aromatic heterocycles. The number of primary amides is 1. The Morgan fingerprint density at radius 1 is 1.15 bits per heavy atom. The molecule has 3 aliphatic rings. The lowest BCUT2D eigenvalue weighted by molar-refractivity contribution is 0.0607. The number of aromatic nitrogens is 2. The third kappa shape index (κ3) is 6.01. The highest BCUT2D eigenvalue weighted by atomic mass is 35.5. The molecule has 3 fully saturated rings. The predicted octanol–water partition coefficient (Wildman–Crippen LogP) is 3.24. The molecule has 0 saturated carbocycles. The van der Waals surface area contributed by atoms with E-state index in [1.165, 1.54) is 0 Å². The average Bonchev–Trinajstić information content (AvgIpc) is 3.36. The monoisotopic (exact) mass is 577 g/mol. The summed E-state index contributed by atoms with van der Waals surface area (Å²) in [6.45, 7) is 7.44. The van der Waals surface area contributed by atoms with Gasteiger partial charge >= 0.3 is 6.16 Å². The first-order valence-corrected chi connectivity index (χ1v) is 14.0. The molecule has 0 aliphatic carbocycles. The van der Waals surface area contributed by atoms with Crippen molar-refractivity contribution in [3.8, 4) is 0 Å². The van der Waals surface area contributed by atoms with Crippen molar-refractivity contribution < 1.29 is 19.1 Å². The Morgan fingerprint density at radius 2 is 1.92 bits per heavy atom. The van der Waals surface area contributed by atoms with Crippen molar-refractivity contribution in [2.45, 2.75) is 50.9 Å². The smallest absolute Gasteiger partial charge is 0.430 e. The zero-order valence-corrected chi connectivity index (χ0v) is 23.3. The number of likely N-dealkylation sites (tertiary alicyclic amines) is 1. The van der Waals surface area contributed by atoms with Gasteiger partial charge in [0.2, 0.25) is 0 Å². The van der Waals surface area contributed by atoms with E-state index in [0.717, 1.165) is 69.7 Å². The number of carbonyl (C=O) groups excluding carboxylic acids is 2. The highest BCUT2D eigenvalue weighted by Crippen LogP contribution is 2.32. The van der Waals surface area contributed by atoms with Crippen molar-refractivity contribution in [1.82, 2.24) is 19.8 Å². The molecule has 5 rings (SSSR count). The minimum atomic E-state index is -0.751. The second-order valence-electron chi connectivity index (χ2n) is 10.2. The Balaban J connectivity index is 1.20. The number of rotatable bonds is 7. The van der Waals surface area contributed by atoms with Gasteiger partial charge in [-0.15, -0.1) is 0 Å². The number of piperazine rings is 1. The van der Waals surface area contributed by atoms with Crippen molar-refractivity contribution in [2.75, 3.05) is 50.0 Å². The minimum Gasteiger partial charge on any atom is -0.430 e. The fraction of sp³-hybridized carbons (Fsp3) is 0.538. The molecule has 1 unspecified atom stereocenters. The van der Waals surface area contributed by atoms with Crippen LogP contribution in [-0.4, -0.2) is 83.2 Å². The number of piperidine rings is 1. The first-order valence-electron chi connectivity index (χ1n) is 13.2. The predicted molar refractivity (Wildman–Crippen MR) is 148 cm³/mol. The number of ether oxygens (including phenoxy) is 2. The molecular weight excluding hydrogens is 545 g/mol.